The standard InChI is InChI=1S/C22H24N2O3/c1-14-5-8-24(9-6-14)13-17-18(25)10-15(2)20-21(26)19(27-22(17)20)11-16-4-3-7-23-12-16/h3-4,7,10-12,14,25H,5-6,8-9,13H2,1-2H3. The molecule has 1 aromatic carbocycles. The number of aryl methyl sites for hydroxylation is 1. The van der Waals surface area contributed by atoms with Gasteiger partial charge in [0.05, 0.1) is 18.7 Å². The van der Waals surface area contributed by atoms with Crippen molar-refractivity contribution in [2.24, 2.45) is 5.92 Å². The van der Waals surface area contributed by atoms with Crippen molar-refractivity contribution in [1.82, 2.24) is 4.98 Å². The van der Waals surface area contributed by atoms with E-state index in [-0.39, 0.29) is 17.3 Å². The number of ketones is 1. The predicted octanol–water partition coefficient (Wildman–Crippen LogP) is 1.89. The van der Waals surface area contributed by atoms with Crippen LogP contribution in [0.15, 0.2) is 36.4 Å². The second-order valence-electron chi connectivity index (χ2n) is 7.71. The Bertz CT molecular complexity index is 898. The smallest absolute Gasteiger partial charge is 0.232 e. The van der Waals surface area contributed by atoms with Gasteiger partial charge in [-0.3, -0.25) is 9.78 Å². The van der Waals surface area contributed by atoms with Gasteiger partial charge in [0.1, 0.15) is 12.3 Å². The highest BCUT2D eigenvalue weighted by atomic mass is 16.5. The van der Waals surface area contributed by atoms with Crippen molar-refractivity contribution in [2.45, 2.75) is 33.2 Å². The third-order valence-electron chi connectivity index (χ3n) is 5.59. The number of rotatable bonds is 3. The molecule has 140 valence electrons. The lowest BCUT2D eigenvalue weighted by molar-refractivity contribution is -0.919. The minimum absolute atomic E-state index is 0.0344. The van der Waals surface area contributed by atoms with Crippen molar-refractivity contribution in [3.8, 4) is 11.5 Å². The van der Waals surface area contributed by atoms with Crippen LogP contribution in [0.25, 0.3) is 6.08 Å². The average molecular weight is 364 g/mol. The van der Waals surface area contributed by atoms with E-state index in [0.29, 0.717) is 29.0 Å². The predicted molar refractivity (Wildman–Crippen MR) is 101 cm³/mol. The fourth-order valence-electron chi connectivity index (χ4n) is 3.94. The molecular formula is C22H24N2O3. The summed E-state index contributed by atoms with van der Waals surface area (Å²) < 4.78 is 5.95. The zero-order valence-electron chi connectivity index (χ0n) is 15.7. The Hall–Kier alpha value is -2.66. The Balaban J connectivity index is 1.67. The molecule has 4 rings (SSSR count). The first-order valence-electron chi connectivity index (χ1n) is 9.54. The maximum absolute atomic E-state index is 12.9. The zero-order valence-corrected chi connectivity index (χ0v) is 15.7. The number of nitrogens with one attached hydrogen (secondary N) is 1. The van der Waals surface area contributed by atoms with Crippen LogP contribution in [0, 0.1) is 12.8 Å². The summed E-state index contributed by atoms with van der Waals surface area (Å²) in [6, 6.07) is 5.26. The number of hydrogen-bond donors (Lipinski definition) is 1. The lowest BCUT2D eigenvalue weighted by Crippen LogP contribution is -3.11. The number of nitrogens with zero attached hydrogens (tertiary/aromatic N) is 1. The molecule has 5 nitrogen and oxygen atoms in total. The van der Waals surface area contributed by atoms with Crippen LogP contribution < -0.4 is 14.7 Å². The normalized spacial score (nSPS) is 23.3. The number of pyridine rings is 1. The quantitative estimate of drug-likeness (QED) is 0.845. The van der Waals surface area contributed by atoms with E-state index < -0.39 is 0 Å². The Morgan fingerprint density at radius 2 is 2.15 bits per heavy atom. The molecule has 0 amide bonds. The summed E-state index contributed by atoms with van der Waals surface area (Å²) in [5, 5.41) is 12.7. The third-order valence-corrected chi connectivity index (χ3v) is 5.59. The van der Waals surface area contributed by atoms with Crippen LogP contribution >= 0.6 is 0 Å². The molecule has 1 saturated heterocycles. The highest BCUT2D eigenvalue weighted by Gasteiger charge is 2.33. The number of Topliss-reactive ketones (excluding diaryl/α,β-unsaturated/α-hetero) is 1. The zero-order chi connectivity index (χ0) is 19.0. The van der Waals surface area contributed by atoms with Crippen molar-refractivity contribution in [3.05, 3.63) is 58.6 Å². The summed E-state index contributed by atoms with van der Waals surface area (Å²) in [6.45, 7) is 6.79. The average Bonchev–Trinajstić information content (AvgIpc) is 2.98. The Morgan fingerprint density at radius 3 is 2.85 bits per heavy atom. The second-order valence-corrected chi connectivity index (χ2v) is 7.71. The van der Waals surface area contributed by atoms with Gasteiger partial charge in [-0.2, -0.15) is 0 Å². The molecule has 0 radical (unpaired) electrons. The number of hydrogen-bond acceptors (Lipinski definition) is 4. The van der Waals surface area contributed by atoms with E-state index >= 15 is 0 Å². The van der Waals surface area contributed by atoms with E-state index in [1.54, 1.807) is 31.5 Å². The number of fused-ring (bicyclic) bond motifs is 1. The van der Waals surface area contributed by atoms with Crippen LogP contribution in [0.2, 0.25) is 0 Å². The molecule has 1 aromatic heterocycles. The number of quaternary nitrogens is 1. The summed E-state index contributed by atoms with van der Waals surface area (Å²) in [7, 11) is 0. The number of benzene rings is 1. The monoisotopic (exact) mass is 364 g/mol. The minimum atomic E-state index is -0.158. The highest BCUT2D eigenvalue weighted by molar-refractivity contribution is 6.15. The van der Waals surface area contributed by atoms with Crippen molar-refractivity contribution in [2.75, 3.05) is 13.1 Å². The topological polar surface area (TPSA) is 66.7 Å². The molecule has 2 aliphatic heterocycles. The maximum Gasteiger partial charge on any atom is 0.232 e. The summed E-state index contributed by atoms with van der Waals surface area (Å²) in [6.07, 6.45) is 7.40. The van der Waals surface area contributed by atoms with E-state index in [1.165, 1.54) is 17.7 Å². The van der Waals surface area contributed by atoms with Crippen molar-refractivity contribution >= 4 is 11.9 Å². The molecule has 2 aliphatic rings. The van der Waals surface area contributed by atoms with Gasteiger partial charge in [0.25, 0.3) is 0 Å². The molecular weight excluding hydrogens is 340 g/mol. The fourth-order valence-corrected chi connectivity index (χ4v) is 3.94. The molecule has 27 heavy (non-hydrogen) atoms. The maximum atomic E-state index is 12.9. The number of aromatic nitrogens is 1. The Labute approximate surface area is 159 Å². The van der Waals surface area contributed by atoms with Gasteiger partial charge in [-0.05, 0) is 49.0 Å². The van der Waals surface area contributed by atoms with Gasteiger partial charge >= 0.3 is 0 Å². The molecule has 5 heteroatoms. The van der Waals surface area contributed by atoms with Crippen LogP contribution in [0.3, 0.4) is 0 Å². The van der Waals surface area contributed by atoms with E-state index in [2.05, 4.69) is 11.9 Å². The van der Waals surface area contributed by atoms with Crippen molar-refractivity contribution in [3.63, 3.8) is 0 Å². The summed E-state index contributed by atoms with van der Waals surface area (Å²) in [5.41, 5.74) is 2.64. The lowest BCUT2D eigenvalue weighted by Gasteiger charge is -2.29. The molecule has 1 fully saturated rings. The van der Waals surface area contributed by atoms with Gasteiger partial charge in [-0.15, -0.1) is 0 Å². The minimum Gasteiger partial charge on any atom is -0.872 e. The van der Waals surface area contributed by atoms with E-state index in [9.17, 15) is 9.90 Å². The molecule has 1 N–H and O–H groups in total. The lowest BCUT2D eigenvalue weighted by atomic mass is 9.96. The molecule has 0 atom stereocenters. The number of piperidine rings is 1. The van der Waals surface area contributed by atoms with Gasteiger partial charge in [0, 0.05) is 18.0 Å². The van der Waals surface area contributed by atoms with Crippen LogP contribution in [0.5, 0.6) is 11.5 Å². The molecule has 0 unspecified atom stereocenters. The van der Waals surface area contributed by atoms with E-state index in [4.69, 9.17) is 4.74 Å². The van der Waals surface area contributed by atoms with Crippen LogP contribution in [-0.4, -0.2) is 23.9 Å². The van der Waals surface area contributed by atoms with Gasteiger partial charge in [0.15, 0.2) is 5.76 Å². The Morgan fingerprint density at radius 1 is 1.37 bits per heavy atom. The summed E-state index contributed by atoms with van der Waals surface area (Å²) >= 11 is 0. The first-order valence-corrected chi connectivity index (χ1v) is 9.54. The van der Waals surface area contributed by atoms with Gasteiger partial charge < -0.3 is 14.7 Å². The van der Waals surface area contributed by atoms with E-state index in [1.807, 2.05) is 12.1 Å². The molecule has 0 aliphatic carbocycles. The van der Waals surface area contributed by atoms with E-state index in [0.717, 1.165) is 24.6 Å². The first kappa shape index (κ1) is 17.7. The molecule has 0 spiro atoms. The second kappa shape index (κ2) is 7.16. The molecule has 0 bridgehead atoms. The number of likely N-dealkylation sites (tertiary alicyclic amines) is 1. The third kappa shape index (κ3) is 3.47. The molecule has 0 saturated carbocycles. The first-order chi connectivity index (χ1) is 13.0. The van der Waals surface area contributed by atoms with Crippen LogP contribution in [0.1, 0.15) is 46.8 Å². The largest absolute Gasteiger partial charge is 0.872 e. The van der Waals surface area contributed by atoms with Crippen LogP contribution in [0.4, 0.5) is 0 Å². The molecule has 2 aromatic rings. The van der Waals surface area contributed by atoms with Crippen LogP contribution in [-0.2, 0) is 6.54 Å². The van der Waals surface area contributed by atoms with Gasteiger partial charge in [-0.1, -0.05) is 24.8 Å². The summed E-state index contributed by atoms with van der Waals surface area (Å²) in [4.78, 5) is 18.4. The van der Waals surface area contributed by atoms with Gasteiger partial charge in [0.2, 0.25) is 5.78 Å². The SMILES string of the molecule is Cc1cc([O-])c(C[NH+]2CCC(C)CC2)c2c1C(=O)C(=Cc1cccnc1)O2. The number of ether oxygens (including phenoxy) is 1. The van der Waals surface area contributed by atoms with Gasteiger partial charge in [-0.25, -0.2) is 0 Å². The number of carbonyl (C=O) groups is 1. The highest BCUT2D eigenvalue weighted by Crippen LogP contribution is 2.40. The Kier molecular flexibility index (Phi) is 4.70. The number of carbonyl (C=O) groups excluding carboxylic acids is 1. The van der Waals surface area contributed by atoms with Crippen molar-refractivity contribution < 1.29 is 19.5 Å². The summed E-state index contributed by atoms with van der Waals surface area (Å²) in [5.74, 6) is 1.28. The fraction of sp³-hybridized carbons (Fsp3) is 0.364. The number of allylic oxidation sites excluding steroid dienone is 1. The van der Waals surface area contributed by atoms with Crippen molar-refractivity contribution in [1.29, 1.82) is 0 Å². The molecule has 3 heterocycles.